The van der Waals surface area contributed by atoms with Crippen LogP contribution < -0.4 is 0 Å². The number of alkyl halides is 4. The quantitative estimate of drug-likeness (QED) is 0.448. The maximum atomic E-state index is 12.6. The molecule has 2 nitrogen and oxygen atoms in total. The van der Waals surface area contributed by atoms with E-state index in [4.69, 9.17) is 4.74 Å². The Hall–Kier alpha value is 0.190. The Kier molecular flexibility index (Phi) is 5.35. The number of rotatable bonds is 4. The monoisotopic (exact) mass is 289 g/mol. The van der Waals surface area contributed by atoms with E-state index in [2.05, 4.69) is 15.9 Å². The molecule has 0 aromatic heterocycles. The molecule has 1 saturated heterocycles. The van der Waals surface area contributed by atoms with E-state index in [1.165, 1.54) is 0 Å². The molecule has 0 radical (unpaired) electrons. The van der Waals surface area contributed by atoms with Crippen molar-refractivity contribution in [3.8, 4) is 0 Å². The molecule has 1 rings (SSSR count). The lowest BCUT2D eigenvalue weighted by Crippen LogP contribution is -2.50. The van der Waals surface area contributed by atoms with Crippen LogP contribution in [0.15, 0.2) is 0 Å². The van der Waals surface area contributed by atoms with E-state index in [1.54, 1.807) is 0 Å². The second-order valence-corrected chi connectivity index (χ2v) is 4.37. The Labute approximate surface area is 95.9 Å². The standard InChI is InChI=1S/C9H15BrF3NO/c10-4-6-15-7-8-3-1-2-5-14(8)9(11,12)13/h8H,1-7H2/t8-/m1/s1. The van der Waals surface area contributed by atoms with Crippen LogP contribution in [0.2, 0.25) is 0 Å². The number of likely N-dealkylation sites (tertiary alicyclic amines) is 1. The molecule has 0 aliphatic carbocycles. The summed E-state index contributed by atoms with van der Waals surface area (Å²) in [5, 5.41) is 0.658. The van der Waals surface area contributed by atoms with E-state index >= 15 is 0 Å². The largest absolute Gasteiger partial charge is 0.460 e. The first-order valence-corrected chi connectivity index (χ1v) is 6.15. The maximum absolute atomic E-state index is 12.6. The van der Waals surface area contributed by atoms with Crippen molar-refractivity contribution in [2.24, 2.45) is 0 Å². The average molecular weight is 290 g/mol. The highest BCUT2D eigenvalue weighted by Gasteiger charge is 2.42. The van der Waals surface area contributed by atoms with E-state index in [-0.39, 0.29) is 13.2 Å². The molecule has 1 fully saturated rings. The van der Waals surface area contributed by atoms with E-state index < -0.39 is 12.3 Å². The average Bonchev–Trinajstić information content (AvgIpc) is 2.17. The zero-order chi connectivity index (χ0) is 11.3. The zero-order valence-electron chi connectivity index (χ0n) is 8.39. The summed E-state index contributed by atoms with van der Waals surface area (Å²) in [5.41, 5.74) is 0. The molecule has 1 atom stereocenters. The summed E-state index contributed by atoms with van der Waals surface area (Å²) in [6.45, 7) is 0.735. The smallest absolute Gasteiger partial charge is 0.379 e. The Balaban J connectivity index is 2.43. The van der Waals surface area contributed by atoms with Gasteiger partial charge in [-0.25, -0.2) is 4.90 Å². The van der Waals surface area contributed by atoms with Crippen LogP contribution in [-0.2, 0) is 4.74 Å². The first kappa shape index (κ1) is 13.3. The second kappa shape index (κ2) is 6.06. The third kappa shape index (κ3) is 4.28. The van der Waals surface area contributed by atoms with Gasteiger partial charge in [-0.05, 0) is 12.8 Å². The molecule has 0 unspecified atom stereocenters. The normalized spacial score (nSPS) is 24.4. The lowest BCUT2D eigenvalue weighted by Gasteiger charge is -2.36. The van der Waals surface area contributed by atoms with Crippen LogP contribution in [-0.4, -0.2) is 42.3 Å². The number of hydrogen-bond donors (Lipinski definition) is 0. The highest BCUT2D eigenvalue weighted by Crippen LogP contribution is 2.29. The molecule has 0 aromatic rings. The third-order valence-corrected chi connectivity index (χ3v) is 2.81. The number of piperidine rings is 1. The van der Waals surface area contributed by atoms with Gasteiger partial charge in [0.1, 0.15) is 0 Å². The van der Waals surface area contributed by atoms with E-state index in [1.807, 2.05) is 0 Å². The molecule has 0 N–H and O–H groups in total. The summed E-state index contributed by atoms with van der Waals surface area (Å²) >= 11 is 3.17. The fourth-order valence-electron chi connectivity index (χ4n) is 1.78. The van der Waals surface area contributed by atoms with E-state index in [0.29, 0.717) is 29.7 Å². The Bertz CT molecular complexity index is 189. The van der Waals surface area contributed by atoms with Gasteiger partial charge in [0.05, 0.1) is 13.2 Å². The fraction of sp³-hybridized carbons (Fsp3) is 1.00. The van der Waals surface area contributed by atoms with Crippen LogP contribution in [0.5, 0.6) is 0 Å². The molecule has 0 spiro atoms. The minimum Gasteiger partial charge on any atom is -0.379 e. The van der Waals surface area contributed by atoms with Crippen molar-refractivity contribution in [1.29, 1.82) is 0 Å². The summed E-state index contributed by atoms with van der Waals surface area (Å²) in [4.78, 5) is 0.602. The fourth-order valence-corrected chi connectivity index (χ4v) is 2.01. The molecule has 0 bridgehead atoms. The van der Waals surface area contributed by atoms with Crippen molar-refractivity contribution in [3.05, 3.63) is 0 Å². The summed E-state index contributed by atoms with van der Waals surface area (Å²) in [5.74, 6) is 0. The number of nitrogens with zero attached hydrogens (tertiary/aromatic N) is 1. The highest BCUT2D eigenvalue weighted by atomic mass is 79.9. The molecule has 0 aromatic carbocycles. The van der Waals surface area contributed by atoms with Gasteiger partial charge in [0.15, 0.2) is 0 Å². The van der Waals surface area contributed by atoms with Crippen molar-refractivity contribution in [3.63, 3.8) is 0 Å². The molecule has 1 aliphatic heterocycles. The van der Waals surface area contributed by atoms with Crippen LogP contribution in [0.4, 0.5) is 13.2 Å². The number of halogens is 4. The van der Waals surface area contributed by atoms with Gasteiger partial charge in [-0.15, -0.1) is 0 Å². The van der Waals surface area contributed by atoms with Gasteiger partial charge in [0.25, 0.3) is 0 Å². The van der Waals surface area contributed by atoms with Gasteiger partial charge >= 0.3 is 6.30 Å². The first-order valence-electron chi connectivity index (χ1n) is 5.03. The predicted molar refractivity (Wildman–Crippen MR) is 55.0 cm³/mol. The van der Waals surface area contributed by atoms with Crippen LogP contribution >= 0.6 is 15.9 Å². The topological polar surface area (TPSA) is 12.5 Å². The van der Waals surface area contributed by atoms with Gasteiger partial charge in [0, 0.05) is 17.9 Å². The molecule has 0 saturated carbocycles. The minimum atomic E-state index is -4.22. The van der Waals surface area contributed by atoms with Gasteiger partial charge in [0.2, 0.25) is 0 Å². The summed E-state index contributed by atoms with van der Waals surface area (Å²) in [7, 11) is 0. The lowest BCUT2D eigenvalue weighted by molar-refractivity contribution is -0.267. The molecule has 0 amide bonds. The Morgan fingerprint density at radius 2 is 2.07 bits per heavy atom. The molecule has 1 aliphatic rings. The van der Waals surface area contributed by atoms with Gasteiger partial charge < -0.3 is 4.74 Å². The van der Waals surface area contributed by atoms with Gasteiger partial charge in [-0.2, -0.15) is 13.2 Å². The summed E-state index contributed by atoms with van der Waals surface area (Å²) in [6, 6.07) is -0.502. The SMILES string of the molecule is FC(F)(F)N1CCCC[C@@H]1COCCBr. The first-order chi connectivity index (χ1) is 7.05. The Morgan fingerprint density at radius 3 is 2.67 bits per heavy atom. The predicted octanol–water partition coefficient (Wildman–Crippen LogP) is 2.77. The molecule has 90 valence electrons. The van der Waals surface area contributed by atoms with Gasteiger partial charge in [-0.3, -0.25) is 0 Å². The van der Waals surface area contributed by atoms with E-state index in [9.17, 15) is 13.2 Å². The third-order valence-electron chi connectivity index (χ3n) is 2.48. The van der Waals surface area contributed by atoms with Gasteiger partial charge in [-0.1, -0.05) is 22.4 Å². The summed E-state index contributed by atoms with van der Waals surface area (Å²) < 4.78 is 42.8. The van der Waals surface area contributed by atoms with Crippen LogP contribution in [0, 0.1) is 0 Å². The zero-order valence-corrected chi connectivity index (χ0v) is 9.98. The molecular weight excluding hydrogens is 275 g/mol. The van der Waals surface area contributed by atoms with Crippen molar-refractivity contribution in [2.45, 2.75) is 31.6 Å². The molecule has 1 heterocycles. The minimum absolute atomic E-state index is 0.103. The van der Waals surface area contributed by atoms with E-state index in [0.717, 1.165) is 6.42 Å². The molecule has 6 heteroatoms. The number of ether oxygens (including phenoxy) is 1. The van der Waals surface area contributed by atoms with Crippen LogP contribution in [0.1, 0.15) is 19.3 Å². The maximum Gasteiger partial charge on any atom is 0.460 e. The number of hydrogen-bond acceptors (Lipinski definition) is 2. The van der Waals surface area contributed by atoms with Crippen LogP contribution in [0.3, 0.4) is 0 Å². The Morgan fingerprint density at radius 1 is 1.33 bits per heavy atom. The van der Waals surface area contributed by atoms with Crippen molar-refractivity contribution in [1.82, 2.24) is 4.90 Å². The van der Waals surface area contributed by atoms with Crippen LogP contribution in [0.25, 0.3) is 0 Å². The van der Waals surface area contributed by atoms with Crippen molar-refractivity contribution < 1.29 is 17.9 Å². The van der Waals surface area contributed by atoms with Crippen molar-refractivity contribution in [2.75, 3.05) is 25.1 Å². The second-order valence-electron chi connectivity index (χ2n) is 3.57. The molecule has 15 heavy (non-hydrogen) atoms. The highest BCUT2D eigenvalue weighted by molar-refractivity contribution is 9.09. The van der Waals surface area contributed by atoms with Crippen molar-refractivity contribution >= 4 is 15.9 Å². The molecular formula is C9H15BrF3NO. The lowest BCUT2D eigenvalue weighted by atomic mass is 10.0. The summed E-state index contributed by atoms with van der Waals surface area (Å²) in [6.07, 6.45) is -2.17.